The van der Waals surface area contributed by atoms with Gasteiger partial charge in [-0.25, -0.2) is 14.4 Å². The van der Waals surface area contributed by atoms with Crippen LogP contribution in [0.2, 0.25) is 0 Å². The van der Waals surface area contributed by atoms with Gasteiger partial charge in [-0.2, -0.15) is 0 Å². The molecule has 0 N–H and O–H groups in total. The number of anilines is 2. The van der Waals surface area contributed by atoms with Gasteiger partial charge >= 0.3 is 18.2 Å². The van der Waals surface area contributed by atoms with Crippen molar-refractivity contribution in [2.24, 2.45) is 5.92 Å². The van der Waals surface area contributed by atoms with Crippen LogP contribution in [0.1, 0.15) is 41.0 Å². The number of amides is 2. The van der Waals surface area contributed by atoms with Crippen molar-refractivity contribution in [2.75, 3.05) is 49.7 Å². The molecular weight excluding hydrogens is 611 g/mol. The standard InChI is InChI=1S/C28H37Cl3N4O7/c1-18(2)15-21(24(36)39-6)35(26(38)40-17-28(29,30)31)22-16-41-32-23(22)19-7-9-20(10-8-19)33-11-13-34(14-12-33)25(37)42-27(3,4)5/h7-10,16,18,21H,11-15,17H2,1-6H3. The highest BCUT2D eigenvalue weighted by Crippen LogP contribution is 2.35. The summed E-state index contributed by atoms with van der Waals surface area (Å²) in [5.74, 6) is -0.640. The van der Waals surface area contributed by atoms with Gasteiger partial charge in [0, 0.05) is 37.4 Å². The number of esters is 1. The van der Waals surface area contributed by atoms with Crippen molar-refractivity contribution in [3.8, 4) is 11.3 Å². The van der Waals surface area contributed by atoms with Crippen LogP contribution in [0, 0.1) is 5.92 Å². The summed E-state index contributed by atoms with van der Waals surface area (Å²) in [4.78, 5) is 43.6. The topological polar surface area (TPSA) is 115 Å². The quantitative estimate of drug-likeness (QED) is 0.185. The molecular formula is C28H37Cl3N4O7. The predicted octanol–water partition coefficient (Wildman–Crippen LogP) is 6.30. The number of alkyl halides is 3. The Bertz CT molecular complexity index is 1220. The molecule has 1 aromatic heterocycles. The van der Waals surface area contributed by atoms with E-state index in [1.807, 2.05) is 58.9 Å². The molecule has 14 heteroatoms. The first-order valence-corrected chi connectivity index (χ1v) is 14.6. The molecule has 0 radical (unpaired) electrons. The van der Waals surface area contributed by atoms with Gasteiger partial charge in [0.2, 0.25) is 3.79 Å². The molecule has 1 saturated heterocycles. The fraction of sp³-hybridized carbons (Fsp3) is 0.571. The van der Waals surface area contributed by atoms with Crippen molar-refractivity contribution in [2.45, 2.75) is 56.5 Å². The van der Waals surface area contributed by atoms with Crippen LogP contribution in [-0.2, 0) is 19.0 Å². The fourth-order valence-electron chi connectivity index (χ4n) is 4.40. The van der Waals surface area contributed by atoms with Gasteiger partial charge in [-0.15, -0.1) is 0 Å². The van der Waals surface area contributed by atoms with E-state index in [-0.39, 0.29) is 24.1 Å². The fourth-order valence-corrected chi connectivity index (χ4v) is 4.57. The molecule has 42 heavy (non-hydrogen) atoms. The molecule has 2 amide bonds. The lowest BCUT2D eigenvalue weighted by atomic mass is 10.0. The Hall–Kier alpha value is -2.89. The third kappa shape index (κ3) is 9.31. The minimum absolute atomic E-state index is 0.0101. The number of halogens is 3. The molecule has 1 aliphatic rings. The average molecular weight is 648 g/mol. The molecule has 1 atom stereocenters. The summed E-state index contributed by atoms with van der Waals surface area (Å²) in [6.45, 7) is 11.1. The van der Waals surface area contributed by atoms with E-state index in [2.05, 4.69) is 10.1 Å². The van der Waals surface area contributed by atoms with Gasteiger partial charge in [0.15, 0.2) is 0 Å². The largest absolute Gasteiger partial charge is 0.467 e. The second-order valence-corrected chi connectivity index (χ2v) is 13.8. The van der Waals surface area contributed by atoms with E-state index < -0.39 is 34.1 Å². The zero-order valence-corrected chi connectivity index (χ0v) is 26.8. The monoisotopic (exact) mass is 646 g/mol. The highest BCUT2D eigenvalue weighted by atomic mass is 35.6. The molecule has 3 rings (SSSR count). The first kappa shape index (κ1) is 33.6. The maximum Gasteiger partial charge on any atom is 0.415 e. The normalized spacial score (nSPS) is 14.9. The van der Waals surface area contributed by atoms with Gasteiger partial charge < -0.3 is 28.5 Å². The summed E-state index contributed by atoms with van der Waals surface area (Å²) in [6, 6.07) is 6.42. The summed E-state index contributed by atoms with van der Waals surface area (Å²) in [6.07, 6.45) is 0.261. The number of piperazine rings is 1. The molecule has 1 aliphatic heterocycles. The molecule has 0 saturated carbocycles. The van der Waals surface area contributed by atoms with Crippen LogP contribution in [0.4, 0.5) is 21.0 Å². The van der Waals surface area contributed by atoms with Crippen LogP contribution in [-0.4, -0.2) is 83.5 Å². The number of benzene rings is 1. The lowest BCUT2D eigenvalue weighted by Gasteiger charge is -2.36. The number of rotatable bonds is 8. The molecule has 2 heterocycles. The molecule has 0 spiro atoms. The van der Waals surface area contributed by atoms with Crippen molar-refractivity contribution in [1.82, 2.24) is 10.1 Å². The molecule has 232 valence electrons. The predicted molar refractivity (Wildman–Crippen MR) is 161 cm³/mol. The first-order chi connectivity index (χ1) is 19.6. The number of hydrogen-bond donors (Lipinski definition) is 0. The van der Waals surface area contributed by atoms with Gasteiger partial charge in [0.1, 0.15) is 35.9 Å². The van der Waals surface area contributed by atoms with Crippen molar-refractivity contribution >= 4 is 64.3 Å². The van der Waals surface area contributed by atoms with Crippen LogP contribution >= 0.6 is 34.8 Å². The molecule has 1 aromatic carbocycles. The smallest absolute Gasteiger partial charge is 0.415 e. The lowest BCUT2D eigenvalue weighted by Crippen LogP contribution is -2.50. The molecule has 11 nitrogen and oxygen atoms in total. The Morgan fingerprint density at radius 2 is 1.67 bits per heavy atom. The number of aromatic nitrogens is 1. The Morgan fingerprint density at radius 1 is 1.05 bits per heavy atom. The van der Waals surface area contributed by atoms with Gasteiger partial charge in [-0.1, -0.05) is 65.9 Å². The molecule has 0 aliphatic carbocycles. The van der Waals surface area contributed by atoms with Gasteiger partial charge in [-0.3, -0.25) is 4.90 Å². The van der Waals surface area contributed by atoms with E-state index in [1.54, 1.807) is 4.90 Å². The Balaban J connectivity index is 1.84. The summed E-state index contributed by atoms with van der Waals surface area (Å²) < 4.78 is 19.2. The van der Waals surface area contributed by atoms with Crippen molar-refractivity contribution < 1.29 is 33.1 Å². The highest BCUT2D eigenvalue weighted by Gasteiger charge is 2.38. The Kier molecular flexibility index (Phi) is 11.2. The lowest BCUT2D eigenvalue weighted by molar-refractivity contribution is -0.142. The number of carbonyl (C=O) groups excluding carboxylic acids is 3. The number of ether oxygens (including phenoxy) is 3. The third-order valence-corrected chi connectivity index (χ3v) is 6.61. The van der Waals surface area contributed by atoms with Crippen LogP contribution in [0.5, 0.6) is 0 Å². The zero-order chi connectivity index (χ0) is 31.2. The second kappa shape index (κ2) is 14.1. The molecule has 1 unspecified atom stereocenters. The second-order valence-electron chi connectivity index (χ2n) is 11.3. The Labute approximate surface area is 260 Å². The van der Waals surface area contributed by atoms with E-state index in [4.69, 9.17) is 53.5 Å². The number of carbonyl (C=O) groups is 3. The first-order valence-electron chi connectivity index (χ1n) is 13.5. The van der Waals surface area contributed by atoms with E-state index in [9.17, 15) is 14.4 Å². The van der Waals surface area contributed by atoms with Crippen LogP contribution < -0.4 is 9.80 Å². The van der Waals surface area contributed by atoms with E-state index in [0.29, 0.717) is 37.4 Å². The van der Waals surface area contributed by atoms with Gasteiger partial charge in [0.05, 0.1) is 7.11 Å². The van der Waals surface area contributed by atoms with Crippen LogP contribution in [0.15, 0.2) is 35.1 Å². The molecule has 1 fully saturated rings. The Morgan fingerprint density at radius 3 is 2.19 bits per heavy atom. The molecule has 0 bridgehead atoms. The van der Waals surface area contributed by atoms with Crippen LogP contribution in [0.25, 0.3) is 11.3 Å². The maximum atomic E-state index is 13.3. The van der Waals surface area contributed by atoms with E-state index >= 15 is 0 Å². The zero-order valence-electron chi connectivity index (χ0n) is 24.6. The average Bonchev–Trinajstić information content (AvgIpc) is 3.39. The summed E-state index contributed by atoms with van der Waals surface area (Å²) in [7, 11) is 1.24. The summed E-state index contributed by atoms with van der Waals surface area (Å²) in [5.41, 5.74) is 1.52. The van der Waals surface area contributed by atoms with Crippen molar-refractivity contribution in [3.05, 3.63) is 30.5 Å². The van der Waals surface area contributed by atoms with Gasteiger partial charge in [-0.05, 0) is 45.2 Å². The van der Waals surface area contributed by atoms with Crippen molar-refractivity contribution in [3.63, 3.8) is 0 Å². The van der Waals surface area contributed by atoms with Gasteiger partial charge in [0.25, 0.3) is 0 Å². The molecule has 2 aromatic rings. The van der Waals surface area contributed by atoms with E-state index in [0.717, 1.165) is 10.6 Å². The van der Waals surface area contributed by atoms with Crippen LogP contribution in [0.3, 0.4) is 0 Å². The number of hydrogen-bond acceptors (Lipinski definition) is 9. The van der Waals surface area contributed by atoms with E-state index in [1.165, 1.54) is 13.4 Å². The SMILES string of the molecule is COC(=O)C(CC(C)C)N(C(=O)OCC(Cl)(Cl)Cl)c1conc1-c1ccc(N2CCN(C(=O)OC(C)(C)C)CC2)cc1. The highest BCUT2D eigenvalue weighted by molar-refractivity contribution is 6.67. The summed E-state index contributed by atoms with van der Waals surface area (Å²) >= 11 is 17.4. The minimum atomic E-state index is -1.86. The number of nitrogens with zero attached hydrogens (tertiary/aromatic N) is 4. The minimum Gasteiger partial charge on any atom is -0.467 e. The van der Waals surface area contributed by atoms with Crippen molar-refractivity contribution in [1.29, 1.82) is 0 Å². The maximum absolute atomic E-state index is 13.3. The third-order valence-electron chi connectivity index (χ3n) is 6.28. The number of methoxy groups -OCH3 is 1. The summed E-state index contributed by atoms with van der Waals surface area (Å²) in [5, 5.41) is 4.12.